The van der Waals surface area contributed by atoms with Gasteiger partial charge in [0.15, 0.2) is 0 Å². The topological polar surface area (TPSA) is 78.7 Å². The van der Waals surface area contributed by atoms with Gasteiger partial charge in [-0.1, -0.05) is 24.3 Å². The van der Waals surface area contributed by atoms with Gasteiger partial charge >= 0.3 is 6.03 Å². The first-order chi connectivity index (χ1) is 12.1. The molecule has 3 rings (SSSR count). The van der Waals surface area contributed by atoms with Crippen LogP contribution in [0.2, 0.25) is 0 Å². The average Bonchev–Trinajstić information content (AvgIpc) is 3.13. The van der Waals surface area contributed by atoms with E-state index in [1.807, 2.05) is 6.07 Å². The molecular weight excluding hydrogens is 316 g/mol. The van der Waals surface area contributed by atoms with E-state index >= 15 is 0 Å². The van der Waals surface area contributed by atoms with Crippen LogP contribution in [-0.2, 0) is 17.9 Å². The smallest absolute Gasteiger partial charge is 0.314 e. The number of piperidine rings is 1. The Labute approximate surface area is 149 Å². The maximum atomic E-state index is 12.4. The van der Waals surface area contributed by atoms with Crippen LogP contribution >= 0.6 is 0 Å². The van der Waals surface area contributed by atoms with Gasteiger partial charge in [0.25, 0.3) is 0 Å². The highest BCUT2D eigenvalue weighted by molar-refractivity contribution is 5.80. The van der Waals surface area contributed by atoms with Crippen molar-refractivity contribution in [2.45, 2.75) is 38.8 Å². The quantitative estimate of drug-likeness (QED) is 0.853. The summed E-state index contributed by atoms with van der Waals surface area (Å²) in [5, 5.41) is 3.02. The van der Waals surface area contributed by atoms with Gasteiger partial charge in [0, 0.05) is 26.2 Å². The van der Waals surface area contributed by atoms with Crippen molar-refractivity contribution in [1.29, 1.82) is 0 Å². The molecule has 2 saturated heterocycles. The number of primary amides is 1. The van der Waals surface area contributed by atoms with Gasteiger partial charge in [-0.05, 0) is 49.9 Å². The van der Waals surface area contributed by atoms with E-state index in [4.69, 9.17) is 5.73 Å². The minimum Gasteiger partial charge on any atom is -0.352 e. The summed E-state index contributed by atoms with van der Waals surface area (Å²) in [4.78, 5) is 27.7. The number of carbonyl (C=O) groups excluding carboxylic acids is 2. The number of hydrogen-bond acceptors (Lipinski definition) is 3. The maximum Gasteiger partial charge on any atom is 0.314 e. The summed E-state index contributed by atoms with van der Waals surface area (Å²) in [6.45, 7) is 4.95. The summed E-state index contributed by atoms with van der Waals surface area (Å²) in [5.74, 6) is -0.148. The molecule has 0 bridgehead atoms. The van der Waals surface area contributed by atoms with Crippen LogP contribution in [0.4, 0.5) is 4.79 Å². The molecular formula is C19H28N4O2. The third-order valence-electron chi connectivity index (χ3n) is 5.17. The zero-order valence-electron chi connectivity index (χ0n) is 14.7. The van der Waals surface area contributed by atoms with Crippen LogP contribution in [0, 0.1) is 5.92 Å². The third-order valence-corrected chi connectivity index (χ3v) is 5.17. The molecule has 6 nitrogen and oxygen atoms in total. The molecule has 2 heterocycles. The fourth-order valence-corrected chi connectivity index (χ4v) is 3.76. The molecule has 1 aromatic rings. The van der Waals surface area contributed by atoms with E-state index in [1.165, 1.54) is 31.5 Å². The molecule has 25 heavy (non-hydrogen) atoms. The molecule has 0 aromatic heterocycles. The number of rotatable bonds is 5. The second-order valence-corrected chi connectivity index (χ2v) is 7.14. The number of nitrogens with zero attached hydrogens (tertiary/aromatic N) is 2. The predicted molar refractivity (Wildman–Crippen MR) is 96.7 cm³/mol. The Morgan fingerprint density at radius 3 is 2.64 bits per heavy atom. The molecule has 2 aliphatic heterocycles. The van der Waals surface area contributed by atoms with Gasteiger partial charge in [0.1, 0.15) is 0 Å². The van der Waals surface area contributed by atoms with Gasteiger partial charge in [-0.3, -0.25) is 9.69 Å². The van der Waals surface area contributed by atoms with Crippen molar-refractivity contribution in [3.05, 3.63) is 35.4 Å². The van der Waals surface area contributed by atoms with Gasteiger partial charge in [-0.15, -0.1) is 0 Å². The standard InChI is InChI=1S/C19H28N4O2/c20-19(25)23-10-4-7-17(14-23)18(24)21-12-15-5-3-6-16(11-15)13-22-8-1-2-9-22/h3,5-6,11,17H,1-2,4,7-10,12-14H2,(H2,20,25)(H,21,24)/t17-/m1/s1. The van der Waals surface area contributed by atoms with E-state index in [0.29, 0.717) is 19.6 Å². The van der Waals surface area contributed by atoms with Crippen LogP contribution in [0.3, 0.4) is 0 Å². The number of benzene rings is 1. The molecule has 2 aliphatic rings. The fourth-order valence-electron chi connectivity index (χ4n) is 3.76. The van der Waals surface area contributed by atoms with Crippen LogP contribution in [0.15, 0.2) is 24.3 Å². The van der Waals surface area contributed by atoms with Crippen molar-refractivity contribution in [2.24, 2.45) is 11.7 Å². The highest BCUT2D eigenvalue weighted by Gasteiger charge is 2.27. The summed E-state index contributed by atoms with van der Waals surface area (Å²) in [7, 11) is 0. The summed E-state index contributed by atoms with van der Waals surface area (Å²) in [6.07, 6.45) is 4.22. The highest BCUT2D eigenvalue weighted by atomic mass is 16.2. The molecule has 136 valence electrons. The minimum atomic E-state index is -0.438. The van der Waals surface area contributed by atoms with Crippen LogP contribution < -0.4 is 11.1 Å². The number of hydrogen-bond donors (Lipinski definition) is 2. The maximum absolute atomic E-state index is 12.4. The molecule has 2 fully saturated rings. The predicted octanol–water partition coefficient (Wildman–Crippen LogP) is 1.69. The Bertz CT molecular complexity index is 613. The average molecular weight is 344 g/mol. The van der Waals surface area contributed by atoms with Crippen molar-refractivity contribution in [3.63, 3.8) is 0 Å². The molecule has 0 aliphatic carbocycles. The Hall–Kier alpha value is -2.08. The zero-order chi connectivity index (χ0) is 17.6. The molecule has 0 radical (unpaired) electrons. The Kier molecular flexibility index (Phi) is 5.91. The lowest BCUT2D eigenvalue weighted by molar-refractivity contribution is -0.126. The number of nitrogens with one attached hydrogen (secondary N) is 1. The van der Waals surface area contributed by atoms with Crippen LogP contribution in [0.1, 0.15) is 36.8 Å². The van der Waals surface area contributed by atoms with Gasteiger partial charge in [-0.25, -0.2) is 4.79 Å². The fraction of sp³-hybridized carbons (Fsp3) is 0.579. The molecule has 0 spiro atoms. The van der Waals surface area contributed by atoms with E-state index in [0.717, 1.165) is 24.9 Å². The molecule has 3 N–H and O–H groups in total. The normalized spacial score (nSPS) is 21.3. The van der Waals surface area contributed by atoms with E-state index in [2.05, 4.69) is 28.4 Å². The van der Waals surface area contributed by atoms with E-state index in [1.54, 1.807) is 4.90 Å². The Balaban J connectivity index is 1.50. The molecule has 0 saturated carbocycles. The lowest BCUT2D eigenvalue weighted by Crippen LogP contribution is -2.47. The molecule has 1 atom stereocenters. The van der Waals surface area contributed by atoms with Gasteiger partial charge in [-0.2, -0.15) is 0 Å². The first-order valence-corrected chi connectivity index (χ1v) is 9.24. The molecule has 1 aromatic carbocycles. The zero-order valence-corrected chi connectivity index (χ0v) is 14.7. The van der Waals surface area contributed by atoms with Crippen LogP contribution in [0.5, 0.6) is 0 Å². The summed E-state index contributed by atoms with van der Waals surface area (Å²) < 4.78 is 0. The first kappa shape index (κ1) is 17.7. The van der Waals surface area contributed by atoms with Crippen molar-refractivity contribution in [1.82, 2.24) is 15.1 Å². The number of amides is 3. The van der Waals surface area contributed by atoms with Crippen molar-refractivity contribution in [2.75, 3.05) is 26.2 Å². The largest absolute Gasteiger partial charge is 0.352 e. The van der Waals surface area contributed by atoms with E-state index in [-0.39, 0.29) is 11.8 Å². The molecule has 6 heteroatoms. The monoisotopic (exact) mass is 344 g/mol. The van der Waals surface area contributed by atoms with Crippen molar-refractivity contribution < 1.29 is 9.59 Å². The SMILES string of the molecule is NC(=O)N1CCC[C@@H](C(=O)NCc2cccc(CN3CCCC3)c2)C1. The Morgan fingerprint density at radius 2 is 1.88 bits per heavy atom. The Morgan fingerprint density at radius 1 is 1.12 bits per heavy atom. The number of urea groups is 1. The lowest BCUT2D eigenvalue weighted by Gasteiger charge is -2.30. The van der Waals surface area contributed by atoms with E-state index in [9.17, 15) is 9.59 Å². The van der Waals surface area contributed by atoms with Crippen molar-refractivity contribution in [3.8, 4) is 0 Å². The summed E-state index contributed by atoms with van der Waals surface area (Å²) >= 11 is 0. The number of carbonyl (C=O) groups is 2. The highest BCUT2D eigenvalue weighted by Crippen LogP contribution is 2.17. The van der Waals surface area contributed by atoms with Gasteiger partial charge < -0.3 is 16.0 Å². The minimum absolute atomic E-state index is 0.0101. The summed E-state index contributed by atoms with van der Waals surface area (Å²) in [6, 6.07) is 7.99. The molecule has 0 unspecified atom stereocenters. The van der Waals surface area contributed by atoms with Crippen LogP contribution in [-0.4, -0.2) is 47.9 Å². The van der Waals surface area contributed by atoms with Crippen molar-refractivity contribution >= 4 is 11.9 Å². The lowest BCUT2D eigenvalue weighted by atomic mass is 9.97. The summed E-state index contributed by atoms with van der Waals surface area (Å²) in [5.41, 5.74) is 7.75. The number of nitrogens with two attached hydrogens (primary N) is 1. The number of likely N-dealkylation sites (tertiary alicyclic amines) is 2. The van der Waals surface area contributed by atoms with Crippen LogP contribution in [0.25, 0.3) is 0 Å². The molecule has 3 amide bonds. The second kappa shape index (κ2) is 8.34. The van der Waals surface area contributed by atoms with Gasteiger partial charge in [0.2, 0.25) is 5.91 Å². The van der Waals surface area contributed by atoms with E-state index < -0.39 is 6.03 Å². The first-order valence-electron chi connectivity index (χ1n) is 9.24. The van der Waals surface area contributed by atoms with Gasteiger partial charge in [0.05, 0.1) is 5.92 Å². The second-order valence-electron chi connectivity index (χ2n) is 7.14. The third kappa shape index (κ3) is 4.95.